The van der Waals surface area contributed by atoms with Crippen LogP contribution in [0.1, 0.15) is 54.6 Å². The van der Waals surface area contributed by atoms with Crippen molar-refractivity contribution in [1.82, 2.24) is 4.90 Å². The molecular formula is C16H21F2NO5S. The molecule has 1 N–H and O–H groups in total. The number of carbonyl (C=O) groups is 2. The van der Waals surface area contributed by atoms with Gasteiger partial charge in [-0.25, -0.2) is 18.4 Å². The molecule has 0 atom stereocenters. The van der Waals surface area contributed by atoms with E-state index in [1.807, 2.05) is 0 Å². The Morgan fingerprint density at radius 3 is 2.40 bits per heavy atom. The predicted molar refractivity (Wildman–Crippen MR) is 87.7 cm³/mol. The zero-order chi connectivity index (χ0) is 18.8. The molecule has 0 aliphatic carbocycles. The summed E-state index contributed by atoms with van der Waals surface area (Å²) in [6.45, 7) is 6.14. The number of hydrogen-bond acceptors (Lipinski definition) is 5. The molecule has 9 heteroatoms. The monoisotopic (exact) mass is 377 g/mol. The summed E-state index contributed by atoms with van der Waals surface area (Å²) in [5, 5.41) is 9.13. The minimum absolute atomic E-state index is 0.0384. The number of amides is 1. The lowest BCUT2D eigenvalue weighted by Crippen LogP contribution is -2.44. The van der Waals surface area contributed by atoms with Crippen molar-refractivity contribution >= 4 is 23.4 Å². The molecule has 0 saturated carbocycles. The van der Waals surface area contributed by atoms with Crippen molar-refractivity contribution < 1.29 is 33.0 Å². The Morgan fingerprint density at radius 2 is 1.92 bits per heavy atom. The smallest absolute Gasteiger partial charge is 0.410 e. The Morgan fingerprint density at radius 1 is 1.32 bits per heavy atom. The highest BCUT2D eigenvalue weighted by atomic mass is 32.1. The maximum Gasteiger partial charge on any atom is 0.410 e. The summed E-state index contributed by atoms with van der Waals surface area (Å²) in [5.41, 5.74) is -0.580. The van der Waals surface area contributed by atoms with Gasteiger partial charge in [0.05, 0.1) is 4.88 Å². The average molecular weight is 377 g/mol. The third-order valence-corrected chi connectivity index (χ3v) is 4.63. The van der Waals surface area contributed by atoms with Crippen LogP contribution in [-0.4, -0.2) is 46.9 Å². The average Bonchev–Trinajstić information content (AvgIpc) is 2.90. The molecule has 0 unspecified atom stereocenters. The Kier molecular flexibility index (Phi) is 5.87. The molecule has 1 fully saturated rings. The molecule has 2 rings (SSSR count). The fourth-order valence-corrected chi connectivity index (χ4v) is 3.18. The van der Waals surface area contributed by atoms with Gasteiger partial charge in [0.25, 0.3) is 6.43 Å². The van der Waals surface area contributed by atoms with E-state index in [4.69, 9.17) is 14.6 Å². The lowest BCUT2D eigenvalue weighted by Gasteiger charge is -2.33. The van der Waals surface area contributed by atoms with E-state index < -0.39 is 24.1 Å². The second-order valence-corrected chi connectivity index (χ2v) is 7.82. The molecule has 1 aromatic rings. The van der Waals surface area contributed by atoms with Crippen molar-refractivity contribution in [2.45, 2.75) is 51.7 Å². The molecular weight excluding hydrogens is 356 g/mol. The molecule has 1 saturated heterocycles. The fraction of sp³-hybridized carbons (Fsp3) is 0.625. The van der Waals surface area contributed by atoms with Crippen molar-refractivity contribution in [3.63, 3.8) is 0 Å². The number of ether oxygens (including phenoxy) is 2. The molecule has 1 aromatic heterocycles. The number of nitrogens with zero attached hydrogens (tertiary/aromatic N) is 1. The lowest BCUT2D eigenvalue weighted by atomic mass is 10.1. The number of rotatable bonds is 4. The van der Waals surface area contributed by atoms with Crippen LogP contribution >= 0.6 is 11.3 Å². The normalized spacial score (nSPS) is 16.2. The van der Waals surface area contributed by atoms with Gasteiger partial charge in [0.1, 0.15) is 17.5 Å². The fourth-order valence-electron chi connectivity index (χ4n) is 2.40. The minimum atomic E-state index is -2.74. The molecule has 1 amide bonds. The number of thiophene rings is 1. The van der Waals surface area contributed by atoms with E-state index in [9.17, 15) is 18.4 Å². The van der Waals surface area contributed by atoms with Gasteiger partial charge in [-0.3, -0.25) is 0 Å². The van der Waals surface area contributed by atoms with Crippen LogP contribution in [-0.2, 0) is 4.74 Å². The first-order valence-electron chi connectivity index (χ1n) is 7.86. The van der Waals surface area contributed by atoms with Crippen molar-refractivity contribution in [2.24, 2.45) is 0 Å². The first-order chi connectivity index (χ1) is 11.6. The van der Waals surface area contributed by atoms with E-state index in [-0.39, 0.29) is 21.6 Å². The van der Waals surface area contributed by atoms with Crippen molar-refractivity contribution in [1.29, 1.82) is 0 Å². The van der Waals surface area contributed by atoms with Crippen molar-refractivity contribution in [3.05, 3.63) is 15.8 Å². The SMILES string of the molecule is CC(C)(C)OC(=O)N1CCC(Oc2cc(C(F)F)sc2C(=O)O)CC1. The Bertz CT molecular complexity index is 633. The first-order valence-corrected chi connectivity index (χ1v) is 8.68. The molecule has 0 radical (unpaired) electrons. The van der Waals surface area contributed by atoms with Gasteiger partial charge in [-0.2, -0.15) is 0 Å². The molecule has 2 heterocycles. The van der Waals surface area contributed by atoms with Crippen molar-refractivity contribution in [2.75, 3.05) is 13.1 Å². The molecule has 25 heavy (non-hydrogen) atoms. The Balaban J connectivity index is 1.96. The van der Waals surface area contributed by atoms with E-state index in [0.717, 1.165) is 6.07 Å². The number of likely N-dealkylation sites (tertiary alicyclic amines) is 1. The summed E-state index contributed by atoms with van der Waals surface area (Å²) < 4.78 is 36.5. The minimum Gasteiger partial charge on any atom is -0.488 e. The summed E-state index contributed by atoms with van der Waals surface area (Å²) in [6, 6.07) is 1.08. The van der Waals surface area contributed by atoms with Crippen molar-refractivity contribution in [3.8, 4) is 5.75 Å². The highest BCUT2D eigenvalue weighted by Gasteiger charge is 2.29. The van der Waals surface area contributed by atoms with Crippen LogP contribution in [0.2, 0.25) is 0 Å². The number of carboxylic acid groups (broad SMARTS) is 1. The molecule has 1 aliphatic heterocycles. The number of piperidine rings is 1. The van der Waals surface area contributed by atoms with Gasteiger partial charge >= 0.3 is 12.1 Å². The topological polar surface area (TPSA) is 76.1 Å². The quantitative estimate of drug-likeness (QED) is 0.853. The van der Waals surface area contributed by atoms with Gasteiger partial charge in [0, 0.05) is 32.0 Å². The number of aromatic carboxylic acids is 1. The number of alkyl halides is 2. The van der Waals surface area contributed by atoms with E-state index in [2.05, 4.69) is 0 Å². The Labute approximate surface area is 148 Å². The Hall–Kier alpha value is -1.90. The predicted octanol–water partition coefficient (Wildman–Crippen LogP) is 4.16. The maximum absolute atomic E-state index is 12.8. The number of hydrogen-bond donors (Lipinski definition) is 1. The van der Waals surface area contributed by atoms with Crippen LogP contribution in [0.5, 0.6) is 5.75 Å². The maximum atomic E-state index is 12.8. The van der Waals surface area contributed by atoms with Gasteiger partial charge in [0.15, 0.2) is 4.88 Å². The molecule has 1 aliphatic rings. The molecule has 6 nitrogen and oxygen atoms in total. The van der Waals surface area contributed by atoms with Gasteiger partial charge in [-0.1, -0.05) is 0 Å². The van der Waals surface area contributed by atoms with Crippen LogP contribution in [0.15, 0.2) is 6.07 Å². The summed E-state index contributed by atoms with van der Waals surface area (Å²) in [6.07, 6.45) is -2.55. The number of carboxylic acids is 1. The second kappa shape index (κ2) is 7.55. The highest BCUT2D eigenvalue weighted by Crippen LogP contribution is 2.36. The van der Waals surface area contributed by atoms with E-state index >= 15 is 0 Å². The van der Waals surface area contributed by atoms with Gasteiger partial charge in [-0.05, 0) is 20.8 Å². The van der Waals surface area contributed by atoms with Gasteiger partial charge in [-0.15, -0.1) is 11.3 Å². The molecule has 0 spiro atoms. The summed E-state index contributed by atoms with van der Waals surface area (Å²) >= 11 is 0.517. The van der Waals surface area contributed by atoms with Gasteiger partial charge in [0.2, 0.25) is 0 Å². The van der Waals surface area contributed by atoms with Crippen LogP contribution in [0.3, 0.4) is 0 Å². The third kappa shape index (κ3) is 5.29. The van der Waals surface area contributed by atoms with Crippen LogP contribution in [0.25, 0.3) is 0 Å². The highest BCUT2D eigenvalue weighted by molar-refractivity contribution is 7.14. The first kappa shape index (κ1) is 19.4. The summed E-state index contributed by atoms with van der Waals surface area (Å²) in [7, 11) is 0. The van der Waals surface area contributed by atoms with Crippen LogP contribution in [0.4, 0.5) is 13.6 Å². The number of halogens is 2. The van der Waals surface area contributed by atoms with Gasteiger partial charge < -0.3 is 19.5 Å². The second-order valence-electron chi connectivity index (χ2n) is 6.73. The zero-order valence-corrected chi connectivity index (χ0v) is 15.1. The molecule has 0 aromatic carbocycles. The van der Waals surface area contributed by atoms with Crippen LogP contribution < -0.4 is 4.74 Å². The molecule has 140 valence electrons. The zero-order valence-electron chi connectivity index (χ0n) is 14.3. The standard InChI is InChI=1S/C16H21F2NO5S/c1-16(2,3)24-15(22)19-6-4-9(5-7-19)23-10-8-11(13(17)18)25-12(10)14(20)21/h8-9,13H,4-7H2,1-3H3,(H,20,21). The van der Waals surface area contributed by atoms with E-state index in [1.165, 1.54) is 0 Å². The van der Waals surface area contributed by atoms with Crippen LogP contribution in [0, 0.1) is 0 Å². The lowest BCUT2D eigenvalue weighted by molar-refractivity contribution is 0.0126. The third-order valence-electron chi connectivity index (χ3n) is 3.51. The number of carbonyl (C=O) groups excluding carboxylic acids is 1. The summed E-state index contributed by atoms with van der Waals surface area (Å²) in [4.78, 5) is 24.2. The summed E-state index contributed by atoms with van der Waals surface area (Å²) in [5.74, 6) is -1.33. The molecule has 0 bridgehead atoms. The van der Waals surface area contributed by atoms with E-state index in [0.29, 0.717) is 37.3 Å². The largest absolute Gasteiger partial charge is 0.488 e. The van der Waals surface area contributed by atoms with E-state index in [1.54, 1.807) is 25.7 Å².